The molecular weight excluding hydrogens is 170 g/mol. The summed E-state index contributed by atoms with van der Waals surface area (Å²) in [5, 5.41) is 12.1. The molecule has 0 aromatic heterocycles. The van der Waals surface area contributed by atoms with Crippen LogP contribution in [0.2, 0.25) is 0 Å². The van der Waals surface area contributed by atoms with Crippen LogP contribution in [0, 0.1) is 17.8 Å². The number of piperidine rings is 1. The van der Waals surface area contributed by atoms with Crippen molar-refractivity contribution in [2.75, 3.05) is 26.9 Å². The second-order valence-corrected chi connectivity index (χ2v) is 3.86. The molecule has 2 rings (SSSR count). The molecule has 2 N–H and O–H groups in total. The molecule has 0 aromatic carbocycles. The quantitative estimate of drug-likeness (QED) is 0.594. The van der Waals surface area contributed by atoms with Crippen LogP contribution in [0.25, 0.3) is 0 Å². The third-order valence-electron chi connectivity index (χ3n) is 3.16. The standard InChI is InChI=1S/C9H15NO3/c1-13-4-5-8-6(3-11)10-2-7(12)9(5)8/h5-6,8-11H,2-4H2,1H3. The minimum absolute atomic E-state index is 0.0999. The molecule has 0 spiro atoms. The molecule has 1 heterocycles. The fourth-order valence-electron chi connectivity index (χ4n) is 2.48. The molecule has 1 aliphatic heterocycles. The van der Waals surface area contributed by atoms with Crippen molar-refractivity contribution in [1.29, 1.82) is 0 Å². The van der Waals surface area contributed by atoms with Gasteiger partial charge in [-0.15, -0.1) is 0 Å². The lowest BCUT2D eigenvalue weighted by Crippen LogP contribution is -2.43. The highest BCUT2D eigenvalue weighted by atomic mass is 16.5. The van der Waals surface area contributed by atoms with Crippen LogP contribution in [0.15, 0.2) is 0 Å². The Hall–Kier alpha value is -0.450. The molecule has 0 radical (unpaired) electrons. The van der Waals surface area contributed by atoms with Crippen LogP contribution in [0.4, 0.5) is 0 Å². The number of nitrogens with one attached hydrogen (secondary N) is 1. The summed E-state index contributed by atoms with van der Waals surface area (Å²) in [6.45, 7) is 1.17. The summed E-state index contributed by atoms with van der Waals surface area (Å²) in [6, 6.07) is 0.0999. The Morgan fingerprint density at radius 2 is 2.46 bits per heavy atom. The van der Waals surface area contributed by atoms with Crippen molar-refractivity contribution >= 4 is 5.78 Å². The lowest BCUT2D eigenvalue weighted by molar-refractivity contribution is -0.121. The zero-order valence-electron chi connectivity index (χ0n) is 7.69. The number of fused-ring (bicyclic) bond motifs is 1. The number of aliphatic hydroxyl groups excluding tert-OH is 1. The van der Waals surface area contributed by atoms with Gasteiger partial charge in [0.15, 0.2) is 0 Å². The maximum absolute atomic E-state index is 11.4. The van der Waals surface area contributed by atoms with Gasteiger partial charge in [-0.2, -0.15) is 0 Å². The van der Waals surface area contributed by atoms with Crippen molar-refractivity contribution in [1.82, 2.24) is 5.32 Å². The van der Waals surface area contributed by atoms with Gasteiger partial charge in [-0.1, -0.05) is 0 Å². The molecule has 4 nitrogen and oxygen atoms in total. The molecule has 2 aliphatic rings. The molecule has 1 saturated carbocycles. The van der Waals surface area contributed by atoms with Gasteiger partial charge in [0.1, 0.15) is 5.78 Å². The summed E-state index contributed by atoms with van der Waals surface area (Å²) in [6.07, 6.45) is 0. The van der Waals surface area contributed by atoms with Crippen molar-refractivity contribution in [3.8, 4) is 0 Å². The molecule has 2 fully saturated rings. The number of carbonyl (C=O) groups is 1. The van der Waals surface area contributed by atoms with E-state index < -0.39 is 0 Å². The maximum Gasteiger partial charge on any atom is 0.150 e. The Morgan fingerprint density at radius 1 is 1.69 bits per heavy atom. The molecule has 13 heavy (non-hydrogen) atoms. The zero-order chi connectivity index (χ0) is 9.42. The first-order valence-corrected chi connectivity index (χ1v) is 4.65. The van der Waals surface area contributed by atoms with Crippen molar-refractivity contribution in [2.24, 2.45) is 17.8 Å². The highest BCUT2D eigenvalue weighted by Crippen LogP contribution is 2.50. The number of rotatable bonds is 3. The van der Waals surface area contributed by atoms with Gasteiger partial charge in [0.05, 0.1) is 19.8 Å². The summed E-state index contributed by atoms with van der Waals surface area (Å²) in [7, 11) is 1.65. The van der Waals surface area contributed by atoms with Crippen molar-refractivity contribution in [3.05, 3.63) is 0 Å². The van der Waals surface area contributed by atoms with E-state index in [4.69, 9.17) is 9.84 Å². The van der Waals surface area contributed by atoms with E-state index in [1.807, 2.05) is 0 Å². The molecule has 4 heteroatoms. The number of methoxy groups -OCH3 is 1. The van der Waals surface area contributed by atoms with Crippen LogP contribution < -0.4 is 5.32 Å². The topological polar surface area (TPSA) is 58.6 Å². The lowest BCUT2D eigenvalue weighted by Gasteiger charge is -2.19. The third-order valence-corrected chi connectivity index (χ3v) is 3.16. The van der Waals surface area contributed by atoms with Crippen LogP contribution in [0.3, 0.4) is 0 Å². The molecular formula is C9H15NO3. The van der Waals surface area contributed by atoms with Crippen LogP contribution in [-0.4, -0.2) is 43.8 Å². The number of ketones is 1. The first-order chi connectivity index (χ1) is 6.29. The van der Waals surface area contributed by atoms with Gasteiger partial charge in [-0.3, -0.25) is 4.79 Å². The van der Waals surface area contributed by atoms with Gasteiger partial charge in [0, 0.05) is 19.1 Å². The summed E-state index contributed by atoms with van der Waals surface area (Å²) in [5.74, 6) is 1.07. The number of aliphatic hydroxyl groups is 1. The fraction of sp³-hybridized carbons (Fsp3) is 0.889. The van der Waals surface area contributed by atoms with E-state index in [0.29, 0.717) is 25.0 Å². The largest absolute Gasteiger partial charge is 0.395 e. The monoisotopic (exact) mass is 185 g/mol. The average Bonchev–Trinajstić information content (AvgIpc) is 2.83. The summed E-state index contributed by atoms with van der Waals surface area (Å²) < 4.78 is 5.04. The van der Waals surface area contributed by atoms with Crippen LogP contribution in [-0.2, 0) is 9.53 Å². The fourth-order valence-corrected chi connectivity index (χ4v) is 2.48. The summed E-state index contributed by atoms with van der Waals surface area (Å²) >= 11 is 0. The smallest absolute Gasteiger partial charge is 0.150 e. The second kappa shape index (κ2) is 3.36. The van der Waals surface area contributed by atoms with Crippen molar-refractivity contribution in [3.63, 3.8) is 0 Å². The van der Waals surface area contributed by atoms with Gasteiger partial charge in [0.25, 0.3) is 0 Å². The number of hydrogen-bond donors (Lipinski definition) is 2. The zero-order valence-corrected chi connectivity index (χ0v) is 7.69. The maximum atomic E-state index is 11.4. The molecule has 74 valence electrons. The van der Waals surface area contributed by atoms with Crippen LogP contribution in [0.1, 0.15) is 0 Å². The Labute approximate surface area is 77.3 Å². The molecule has 0 bridgehead atoms. The van der Waals surface area contributed by atoms with Gasteiger partial charge in [-0.05, 0) is 11.8 Å². The lowest BCUT2D eigenvalue weighted by atomic mass is 10.1. The van der Waals surface area contributed by atoms with E-state index >= 15 is 0 Å². The number of carbonyl (C=O) groups excluding carboxylic acids is 1. The SMILES string of the molecule is COCC1C2C(=O)CNC(CO)C12. The van der Waals surface area contributed by atoms with E-state index in [1.165, 1.54) is 0 Å². The molecule has 1 saturated heterocycles. The predicted octanol–water partition coefficient (Wildman–Crippen LogP) is -0.972. The van der Waals surface area contributed by atoms with E-state index in [0.717, 1.165) is 0 Å². The molecule has 0 aromatic rings. The Morgan fingerprint density at radius 3 is 3.08 bits per heavy atom. The predicted molar refractivity (Wildman–Crippen MR) is 46.2 cm³/mol. The highest BCUT2D eigenvalue weighted by molar-refractivity contribution is 5.87. The first kappa shape index (κ1) is 9.12. The van der Waals surface area contributed by atoms with Gasteiger partial charge in [-0.25, -0.2) is 0 Å². The van der Waals surface area contributed by atoms with E-state index in [2.05, 4.69) is 5.32 Å². The van der Waals surface area contributed by atoms with Crippen molar-refractivity contribution < 1.29 is 14.6 Å². The normalized spacial score (nSPS) is 43.1. The minimum atomic E-state index is 0.0999. The first-order valence-electron chi connectivity index (χ1n) is 4.65. The highest BCUT2D eigenvalue weighted by Gasteiger charge is 2.59. The Bertz CT molecular complexity index is 219. The van der Waals surface area contributed by atoms with Crippen LogP contribution >= 0.6 is 0 Å². The molecule has 4 unspecified atom stereocenters. The summed E-state index contributed by atoms with van der Waals surface area (Å²) in [5.41, 5.74) is 0. The molecule has 1 aliphatic carbocycles. The minimum Gasteiger partial charge on any atom is -0.395 e. The van der Waals surface area contributed by atoms with Gasteiger partial charge < -0.3 is 15.2 Å². The van der Waals surface area contributed by atoms with Gasteiger partial charge >= 0.3 is 0 Å². The molecule has 4 atom stereocenters. The van der Waals surface area contributed by atoms with Crippen LogP contribution in [0.5, 0.6) is 0 Å². The number of ether oxygens (including phenoxy) is 1. The van der Waals surface area contributed by atoms with E-state index in [1.54, 1.807) is 7.11 Å². The van der Waals surface area contributed by atoms with Crippen molar-refractivity contribution in [2.45, 2.75) is 6.04 Å². The summed E-state index contributed by atoms with van der Waals surface area (Å²) in [4.78, 5) is 11.4. The Kier molecular flexibility index (Phi) is 2.36. The molecule has 0 amide bonds. The number of Topliss-reactive ketones (excluding diaryl/α,β-unsaturated/α-hetero) is 1. The second-order valence-electron chi connectivity index (χ2n) is 3.86. The number of hydrogen-bond acceptors (Lipinski definition) is 4. The third kappa shape index (κ3) is 1.39. The van der Waals surface area contributed by atoms with E-state index in [9.17, 15) is 4.79 Å². The van der Waals surface area contributed by atoms with Gasteiger partial charge in [0.2, 0.25) is 0 Å². The Balaban J connectivity index is 2.00. The van der Waals surface area contributed by atoms with E-state index in [-0.39, 0.29) is 24.3 Å². The average molecular weight is 185 g/mol.